The summed E-state index contributed by atoms with van der Waals surface area (Å²) >= 11 is 0. The number of aryl methyl sites for hydroxylation is 1. The number of hydrogen-bond donors (Lipinski definition) is 1. The Bertz CT molecular complexity index is 698. The summed E-state index contributed by atoms with van der Waals surface area (Å²) in [6.07, 6.45) is 0.230. The van der Waals surface area contributed by atoms with Gasteiger partial charge >= 0.3 is 0 Å². The highest BCUT2D eigenvalue weighted by Gasteiger charge is 2.24. The molecule has 2 aromatic carbocycles. The molecule has 2 unspecified atom stereocenters. The average molecular weight is 396 g/mol. The van der Waals surface area contributed by atoms with Crippen LogP contribution in [0, 0.1) is 5.82 Å². The predicted molar refractivity (Wildman–Crippen MR) is 106 cm³/mol. The van der Waals surface area contributed by atoms with Crippen molar-refractivity contribution < 1.29 is 19.0 Å². The molecule has 0 aromatic heterocycles. The van der Waals surface area contributed by atoms with Gasteiger partial charge in [0.1, 0.15) is 24.3 Å². The lowest BCUT2D eigenvalue weighted by Gasteiger charge is -2.34. The molecule has 2 aromatic rings. The Morgan fingerprint density at radius 2 is 2.04 bits per heavy atom. The third kappa shape index (κ3) is 6.47. The van der Waals surface area contributed by atoms with E-state index in [1.54, 1.807) is 6.07 Å². The molecule has 1 fully saturated rings. The minimum Gasteiger partial charge on any atom is -0.491 e. The maximum absolute atomic E-state index is 13.4. The van der Waals surface area contributed by atoms with Gasteiger partial charge < -0.3 is 14.6 Å². The van der Waals surface area contributed by atoms with Crippen LogP contribution in [0.4, 0.5) is 4.39 Å². The van der Waals surface area contributed by atoms with E-state index in [-0.39, 0.29) is 30.9 Å². The molecular weight excluding hydrogens is 369 g/mol. The highest BCUT2D eigenvalue weighted by atomic mass is 35.5. The van der Waals surface area contributed by atoms with Gasteiger partial charge in [0.15, 0.2) is 0 Å². The van der Waals surface area contributed by atoms with E-state index < -0.39 is 6.10 Å². The number of morpholine rings is 1. The van der Waals surface area contributed by atoms with Crippen LogP contribution in [0.25, 0.3) is 0 Å². The summed E-state index contributed by atoms with van der Waals surface area (Å²) in [6.45, 7) is 4.79. The summed E-state index contributed by atoms with van der Waals surface area (Å²) in [4.78, 5) is 2.13. The molecule has 27 heavy (non-hydrogen) atoms. The number of aliphatic hydroxyl groups excluding tert-OH is 1. The van der Waals surface area contributed by atoms with E-state index in [9.17, 15) is 9.50 Å². The first-order chi connectivity index (χ1) is 12.6. The summed E-state index contributed by atoms with van der Waals surface area (Å²) in [5.41, 5.74) is 2.09. The van der Waals surface area contributed by atoms with Crippen molar-refractivity contribution >= 4 is 12.4 Å². The van der Waals surface area contributed by atoms with E-state index in [1.807, 2.05) is 30.3 Å². The van der Waals surface area contributed by atoms with Crippen LogP contribution >= 0.6 is 12.4 Å². The second-order valence-electron chi connectivity index (χ2n) is 6.64. The molecule has 1 N–H and O–H groups in total. The highest BCUT2D eigenvalue weighted by Crippen LogP contribution is 2.23. The third-order valence-corrected chi connectivity index (χ3v) is 4.61. The highest BCUT2D eigenvalue weighted by molar-refractivity contribution is 5.85. The number of benzene rings is 2. The van der Waals surface area contributed by atoms with Gasteiger partial charge in [-0.25, -0.2) is 4.39 Å². The molecule has 1 aliphatic heterocycles. The van der Waals surface area contributed by atoms with Crippen molar-refractivity contribution in [1.29, 1.82) is 0 Å². The van der Waals surface area contributed by atoms with Crippen molar-refractivity contribution in [3.8, 4) is 5.75 Å². The average Bonchev–Trinajstić information content (AvgIpc) is 2.67. The molecule has 2 atom stereocenters. The molecule has 4 nitrogen and oxygen atoms in total. The second-order valence-corrected chi connectivity index (χ2v) is 6.64. The molecule has 6 heteroatoms. The number of nitrogens with zero attached hydrogens (tertiary/aromatic N) is 1. The zero-order valence-electron chi connectivity index (χ0n) is 15.5. The van der Waals surface area contributed by atoms with E-state index in [0.717, 1.165) is 24.3 Å². The minimum atomic E-state index is -0.591. The molecule has 0 aliphatic carbocycles. The Hall–Kier alpha value is -1.66. The van der Waals surface area contributed by atoms with Crippen LogP contribution in [0.1, 0.15) is 24.2 Å². The van der Waals surface area contributed by atoms with E-state index in [2.05, 4.69) is 11.8 Å². The number of hydrogen-bond acceptors (Lipinski definition) is 4. The molecule has 0 saturated carbocycles. The zero-order valence-corrected chi connectivity index (χ0v) is 16.3. The van der Waals surface area contributed by atoms with Crippen molar-refractivity contribution in [3.05, 3.63) is 65.5 Å². The molecule has 1 aliphatic rings. The Labute approximate surface area is 166 Å². The molecule has 0 radical (unpaired) electrons. The van der Waals surface area contributed by atoms with Crippen LogP contribution in [0.2, 0.25) is 0 Å². The monoisotopic (exact) mass is 395 g/mol. The second kappa shape index (κ2) is 10.6. The van der Waals surface area contributed by atoms with Crippen molar-refractivity contribution in [3.63, 3.8) is 0 Å². The fourth-order valence-electron chi connectivity index (χ4n) is 3.14. The minimum absolute atomic E-state index is 0. The van der Waals surface area contributed by atoms with Gasteiger partial charge in [-0.1, -0.05) is 31.2 Å². The maximum atomic E-state index is 13.4. The van der Waals surface area contributed by atoms with Crippen LogP contribution in [0.15, 0.2) is 48.5 Å². The largest absolute Gasteiger partial charge is 0.491 e. The van der Waals surface area contributed by atoms with Gasteiger partial charge in [-0.2, -0.15) is 0 Å². The summed E-state index contributed by atoms with van der Waals surface area (Å²) in [7, 11) is 0. The molecule has 3 rings (SSSR count). The van der Waals surface area contributed by atoms with Crippen molar-refractivity contribution in [2.45, 2.75) is 25.6 Å². The molecule has 1 saturated heterocycles. The first kappa shape index (κ1) is 21.6. The summed E-state index contributed by atoms with van der Waals surface area (Å²) in [6, 6.07) is 14.4. The molecule has 1 heterocycles. The van der Waals surface area contributed by atoms with Crippen LogP contribution in [-0.4, -0.2) is 49.0 Å². The van der Waals surface area contributed by atoms with Crippen LogP contribution in [0.5, 0.6) is 5.75 Å². The first-order valence-corrected chi connectivity index (χ1v) is 9.13. The van der Waals surface area contributed by atoms with Crippen molar-refractivity contribution in [2.24, 2.45) is 0 Å². The van der Waals surface area contributed by atoms with Gasteiger partial charge in [0.2, 0.25) is 0 Å². The Balaban J connectivity index is 0.00000261. The van der Waals surface area contributed by atoms with Gasteiger partial charge in [-0.15, -0.1) is 12.4 Å². The third-order valence-electron chi connectivity index (χ3n) is 4.61. The molecule has 0 spiro atoms. The maximum Gasteiger partial charge on any atom is 0.123 e. The quantitative estimate of drug-likeness (QED) is 0.777. The number of halogens is 2. The van der Waals surface area contributed by atoms with Crippen LogP contribution in [-0.2, 0) is 11.2 Å². The summed E-state index contributed by atoms with van der Waals surface area (Å²) < 4.78 is 24.9. The van der Waals surface area contributed by atoms with Gasteiger partial charge in [-0.05, 0) is 41.8 Å². The lowest BCUT2D eigenvalue weighted by molar-refractivity contribution is -0.0460. The van der Waals surface area contributed by atoms with Gasteiger partial charge in [0.25, 0.3) is 0 Å². The molecule has 0 amide bonds. The van der Waals surface area contributed by atoms with Crippen LogP contribution in [0.3, 0.4) is 0 Å². The number of ether oxygens (including phenoxy) is 2. The first-order valence-electron chi connectivity index (χ1n) is 9.13. The number of aliphatic hydroxyl groups is 1. The normalized spacial score (nSPS) is 18.6. The van der Waals surface area contributed by atoms with Crippen LogP contribution < -0.4 is 4.74 Å². The van der Waals surface area contributed by atoms with Crippen molar-refractivity contribution in [1.82, 2.24) is 4.90 Å². The Kier molecular flexibility index (Phi) is 8.51. The summed E-state index contributed by atoms with van der Waals surface area (Å²) in [5.74, 6) is 0.506. The van der Waals surface area contributed by atoms with E-state index in [0.29, 0.717) is 19.7 Å². The molecular formula is C21H27ClFNO3. The fraction of sp³-hybridized carbons (Fsp3) is 0.429. The zero-order chi connectivity index (χ0) is 18.4. The van der Waals surface area contributed by atoms with Gasteiger partial charge in [0, 0.05) is 19.6 Å². The fourth-order valence-corrected chi connectivity index (χ4v) is 3.14. The molecule has 0 bridgehead atoms. The van der Waals surface area contributed by atoms with Gasteiger partial charge in [0.05, 0.1) is 12.7 Å². The number of rotatable bonds is 7. The summed E-state index contributed by atoms with van der Waals surface area (Å²) in [5, 5.41) is 10.3. The Morgan fingerprint density at radius 3 is 2.74 bits per heavy atom. The smallest absolute Gasteiger partial charge is 0.123 e. The van der Waals surface area contributed by atoms with Crippen molar-refractivity contribution in [2.75, 3.05) is 32.8 Å². The molecule has 148 valence electrons. The predicted octanol–water partition coefficient (Wildman–Crippen LogP) is 3.62. The van der Waals surface area contributed by atoms with Gasteiger partial charge in [-0.3, -0.25) is 4.90 Å². The number of β-amino-alcohol motifs (C(OH)–C–C–N with tert-alkyl or cyclic N) is 1. The van der Waals surface area contributed by atoms with E-state index in [4.69, 9.17) is 9.47 Å². The topological polar surface area (TPSA) is 41.9 Å². The van der Waals surface area contributed by atoms with E-state index >= 15 is 0 Å². The lowest BCUT2D eigenvalue weighted by Crippen LogP contribution is -2.43. The Morgan fingerprint density at radius 1 is 1.26 bits per heavy atom. The van der Waals surface area contributed by atoms with E-state index in [1.165, 1.54) is 17.7 Å². The lowest BCUT2D eigenvalue weighted by atomic mass is 10.1. The standard InChI is InChI=1S/C21H26FNO3.ClH/c1-2-16-6-8-20(9-7-16)26-15-19(24)13-23-10-11-25-21(14-23)17-4-3-5-18(22)12-17;/h3-9,12,19,21,24H,2,10-11,13-15H2,1H3;1H. The SMILES string of the molecule is CCc1ccc(OCC(O)CN2CCOC(c3cccc(F)c3)C2)cc1.Cl.